The molecule has 3 heterocycles. The van der Waals surface area contributed by atoms with Gasteiger partial charge in [0.2, 0.25) is 5.91 Å². The Hall–Kier alpha value is -1.36. The fraction of sp³-hybridized carbons (Fsp3) is 0.692. The second kappa shape index (κ2) is 3.82. The molecule has 0 aromatic rings. The number of carboxylic acids is 1. The number of amides is 1. The van der Waals surface area contributed by atoms with E-state index in [4.69, 9.17) is 4.74 Å². The zero-order valence-electron chi connectivity index (χ0n) is 10.3. The molecular weight excluding hydrogens is 234 g/mol. The number of rotatable bonds is 4. The van der Waals surface area contributed by atoms with Gasteiger partial charge < -0.3 is 19.5 Å². The number of ether oxygens (including phenoxy) is 1. The standard InChI is InChI=1S/C13H17NO4/c1-2-3-6-14-7-13-5-4-8(18-13)9(12(16)17)10(13)11(14)15/h4-5,8-10H,2-3,6-7H2,1H3,(H,16,17)/p-1/t8-,9+,10+,13-/m0/s1. The number of carbonyl (C=O) groups excluding carboxylic acids is 2. The minimum atomic E-state index is -1.18. The van der Waals surface area contributed by atoms with Gasteiger partial charge in [-0.15, -0.1) is 0 Å². The molecule has 0 aliphatic carbocycles. The lowest BCUT2D eigenvalue weighted by molar-refractivity contribution is -0.313. The van der Waals surface area contributed by atoms with Gasteiger partial charge in [-0.1, -0.05) is 25.5 Å². The number of aliphatic carboxylic acids is 1. The van der Waals surface area contributed by atoms with Crippen LogP contribution in [0, 0.1) is 11.8 Å². The second-order valence-corrected chi connectivity index (χ2v) is 5.33. The van der Waals surface area contributed by atoms with Gasteiger partial charge in [-0.3, -0.25) is 4.79 Å². The molecule has 3 aliphatic heterocycles. The molecule has 5 nitrogen and oxygen atoms in total. The Morgan fingerprint density at radius 2 is 2.44 bits per heavy atom. The van der Waals surface area contributed by atoms with E-state index in [2.05, 4.69) is 6.92 Å². The lowest BCUT2D eigenvalue weighted by Gasteiger charge is -2.24. The quantitative estimate of drug-likeness (QED) is 0.620. The van der Waals surface area contributed by atoms with E-state index in [9.17, 15) is 14.7 Å². The average Bonchev–Trinajstić information content (AvgIpc) is 2.95. The van der Waals surface area contributed by atoms with Crippen molar-refractivity contribution in [2.45, 2.75) is 31.5 Å². The lowest BCUT2D eigenvalue weighted by Crippen LogP contribution is -2.45. The molecule has 0 saturated carbocycles. The minimum absolute atomic E-state index is 0.0931. The highest BCUT2D eigenvalue weighted by atomic mass is 16.5. The monoisotopic (exact) mass is 250 g/mol. The summed E-state index contributed by atoms with van der Waals surface area (Å²) in [6, 6.07) is 0. The molecule has 2 bridgehead atoms. The third-order valence-electron chi connectivity index (χ3n) is 4.23. The summed E-state index contributed by atoms with van der Waals surface area (Å²) in [6.07, 6.45) is 5.07. The fourth-order valence-corrected chi connectivity index (χ4v) is 3.39. The number of fused-ring (bicyclic) bond motifs is 1. The lowest BCUT2D eigenvalue weighted by atomic mass is 9.77. The molecule has 0 aromatic heterocycles. The van der Waals surface area contributed by atoms with Gasteiger partial charge in [0.1, 0.15) is 5.60 Å². The van der Waals surface area contributed by atoms with Gasteiger partial charge in [0.25, 0.3) is 0 Å². The van der Waals surface area contributed by atoms with Crippen LogP contribution in [0.25, 0.3) is 0 Å². The van der Waals surface area contributed by atoms with Crippen LogP contribution in [0.15, 0.2) is 12.2 Å². The molecule has 3 aliphatic rings. The topological polar surface area (TPSA) is 69.7 Å². The van der Waals surface area contributed by atoms with Gasteiger partial charge in [-0.25, -0.2) is 0 Å². The van der Waals surface area contributed by atoms with Crippen molar-refractivity contribution < 1.29 is 19.4 Å². The maximum Gasteiger partial charge on any atom is 0.229 e. The first-order chi connectivity index (χ1) is 8.59. The summed E-state index contributed by atoms with van der Waals surface area (Å²) in [4.78, 5) is 25.2. The van der Waals surface area contributed by atoms with Crippen molar-refractivity contribution in [3.8, 4) is 0 Å². The summed E-state index contributed by atoms with van der Waals surface area (Å²) in [5.74, 6) is -2.69. The third kappa shape index (κ3) is 1.37. The molecule has 3 rings (SSSR count). The summed E-state index contributed by atoms with van der Waals surface area (Å²) in [7, 11) is 0. The SMILES string of the molecule is CCCCN1C[C@]23C=C[C@H](O2)[C@@H](C(=O)[O-])[C@@H]3C1=O. The smallest absolute Gasteiger partial charge is 0.229 e. The summed E-state index contributed by atoms with van der Waals surface area (Å²) >= 11 is 0. The molecule has 0 radical (unpaired) electrons. The predicted molar refractivity (Wildman–Crippen MR) is 60.2 cm³/mol. The number of hydrogen-bond donors (Lipinski definition) is 0. The van der Waals surface area contributed by atoms with Gasteiger partial charge in [-0.2, -0.15) is 0 Å². The van der Waals surface area contributed by atoms with Gasteiger partial charge in [0.15, 0.2) is 0 Å². The van der Waals surface area contributed by atoms with Crippen LogP contribution in [0.1, 0.15) is 19.8 Å². The first-order valence-electron chi connectivity index (χ1n) is 6.46. The van der Waals surface area contributed by atoms with Crippen LogP contribution in [0.2, 0.25) is 0 Å². The highest BCUT2D eigenvalue weighted by molar-refractivity contribution is 5.90. The van der Waals surface area contributed by atoms with Crippen molar-refractivity contribution in [1.82, 2.24) is 4.90 Å². The van der Waals surface area contributed by atoms with Crippen LogP contribution in [0.3, 0.4) is 0 Å². The van der Waals surface area contributed by atoms with Crippen molar-refractivity contribution >= 4 is 11.9 Å². The number of unbranched alkanes of at least 4 members (excludes halogenated alkanes) is 1. The fourth-order valence-electron chi connectivity index (χ4n) is 3.39. The zero-order chi connectivity index (χ0) is 12.9. The molecule has 4 atom stereocenters. The Balaban J connectivity index is 1.87. The first kappa shape index (κ1) is 11.7. The van der Waals surface area contributed by atoms with Crippen LogP contribution in [-0.2, 0) is 14.3 Å². The normalized spacial score (nSPS) is 40.6. The number of carboxylic acid groups (broad SMARTS) is 1. The van der Waals surface area contributed by atoms with E-state index in [-0.39, 0.29) is 5.91 Å². The van der Waals surface area contributed by atoms with Crippen LogP contribution in [0.5, 0.6) is 0 Å². The van der Waals surface area contributed by atoms with Crippen LogP contribution < -0.4 is 5.11 Å². The van der Waals surface area contributed by atoms with Gasteiger partial charge in [0, 0.05) is 18.4 Å². The third-order valence-corrected chi connectivity index (χ3v) is 4.23. The summed E-state index contributed by atoms with van der Waals surface area (Å²) in [5, 5.41) is 11.2. The molecule has 5 heteroatoms. The average molecular weight is 250 g/mol. The van der Waals surface area contributed by atoms with E-state index >= 15 is 0 Å². The van der Waals surface area contributed by atoms with E-state index in [1.165, 1.54) is 0 Å². The number of hydrogen-bond acceptors (Lipinski definition) is 4. The van der Waals surface area contributed by atoms with Crippen LogP contribution >= 0.6 is 0 Å². The maximum atomic E-state index is 12.3. The van der Waals surface area contributed by atoms with Crippen molar-refractivity contribution in [2.75, 3.05) is 13.1 Å². The second-order valence-electron chi connectivity index (χ2n) is 5.33. The van der Waals surface area contributed by atoms with E-state index < -0.39 is 29.5 Å². The van der Waals surface area contributed by atoms with Gasteiger partial charge >= 0.3 is 0 Å². The highest BCUT2D eigenvalue weighted by Gasteiger charge is 2.65. The van der Waals surface area contributed by atoms with Crippen LogP contribution in [0.4, 0.5) is 0 Å². The van der Waals surface area contributed by atoms with E-state index in [0.717, 1.165) is 12.8 Å². The van der Waals surface area contributed by atoms with Gasteiger partial charge in [-0.05, 0) is 6.42 Å². The molecule has 0 unspecified atom stereocenters. The molecule has 98 valence electrons. The Bertz CT molecular complexity index is 433. The number of carbonyl (C=O) groups is 2. The molecule has 1 amide bonds. The van der Waals surface area contributed by atoms with E-state index in [1.807, 2.05) is 6.08 Å². The summed E-state index contributed by atoms with van der Waals surface area (Å²) < 4.78 is 5.74. The van der Waals surface area contributed by atoms with E-state index in [1.54, 1.807) is 11.0 Å². The molecular formula is C13H16NO4-. The first-order valence-corrected chi connectivity index (χ1v) is 6.46. The molecule has 0 N–H and O–H groups in total. The van der Waals surface area contributed by atoms with Crippen molar-refractivity contribution in [1.29, 1.82) is 0 Å². The summed E-state index contributed by atoms with van der Waals surface area (Å²) in [6.45, 7) is 3.22. The Labute approximate surface area is 105 Å². The van der Waals surface area contributed by atoms with E-state index in [0.29, 0.717) is 13.1 Å². The van der Waals surface area contributed by atoms with Gasteiger partial charge in [0.05, 0.1) is 18.6 Å². The number of likely N-dealkylation sites (tertiary alicyclic amines) is 1. The van der Waals surface area contributed by atoms with Crippen molar-refractivity contribution in [3.63, 3.8) is 0 Å². The molecule has 1 spiro atoms. The Morgan fingerprint density at radius 1 is 1.67 bits per heavy atom. The maximum absolute atomic E-state index is 12.3. The van der Waals surface area contributed by atoms with Crippen molar-refractivity contribution in [2.24, 2.45) is 11.8 Å². The Kier molecular flexibility index (Phi) is 2.48. The molecule has 0 aromatic carbocycles. The Morgan fingerprint density at radius 3 is 3.11 bits per heavy atom. The highest BCUT2D eigenvalue weighted by Crippen LogP contribution is 2.51. The predicted octanol–water partition coefficient (Wildman–Crippen LogP) is -0.682. The molecule has 2 fully saturated rings. The van der Waals surface area contributed by atoms with Crippen LogP contribution in [-0.4, -0.2) is 41.6 Å². The number of nitrogens with zero attached hydrogens (tertiary/aromatic N) is 1. The van der Waals surface area contributed by atoms with Crippen molar-refractivity contribution in [3.05, 3.63) is 12.2 Å². The summed E-state index contributed by atoms with van der Waals surface area (Å²) in [5.41, 5.74) is -0.708. The largest absolute Gasteiger partial charge is 0.550 e. The minimum Gasteiger partial charge on any atom is -0.550 e. The molecule has 18 heavy (non-hydrogen) atoms. The molecule has 2 saturated heterocycles. The zero-order valence-corrected chi connectivity index (χ0v) is 10.3.